The van der Waals surface area contributed by atoms with Crippen molar-refractivity contribution in [1.29, 1.82) is 0 Å². The predicted octanol–water partition coefficient (Wildman–Crippen LogP) is 2.11. The molecule has 0 saturated carbocycles. The first-order chi connectivity index (χ1) is 8.58. The highest BCUT2D eigenvalue weighted by Gasteiger charge is 2.12. The van der Waals surface area contributed by atoms with Crippen molar-refractivity contribution in [2.75, 3.05) is 0 Å². The van der Waals surface area contributed by atoms with Crippen LogP contribution in [0.25, 0.3) is 0 Å². The number of nitro benzene ring substituents is 1. The molecule has 0 atom stereocenters. The van der Waals surface area contributed by atoms with Crippen molar-refractivity contribution in [3.05, 3.63) is 74.2 Å². The summed E-state index contributed by atoms with van der Waals surface area (Å²) in [6.45, 7) is 2.03. The van der Waals surface area contributed by atoms with Gasteiger partial charge in [-0.2, -0.15) is 0 Å². The molecule has 92 valence electrons. The number of rotatable bonds is 3. The molecule has 1 heterocycles. The molecule has 0 spiro atoms. The minimum atomic E-state index is -0.436. The molecule has 0 unspecified atom stereocenters. The molecule has 0 aliphatic carbocycles. The van der Waals surface area contributed by atoms with Gasteiger partial charge < -0.3 is 4.57 Å². The van der Waals surface area contributed by atoms with Gasteiger partial charge in [-0.05, 0) is 18.6 Å². The summed E-state index contributed by atoms with van der Waals surface area (Å²) in [5, 5.41) is 10.9. The first-order valence-corrected chi connectivity index (χ1v) is 5.47. The second kappa shape index (κ2) is 4.83. The Labute approximate surface area is 103 Å². The van der Waals surface area contributed by atoms with Crippen LogP contribution in [0.5, 0.6) is 0 Å². The number of nitro groups is 1. The summed E-state index contributed by atoms with van der Waals surface area (Å²) in [5.74, 6) is 0. The van der Waals surface area contributed by atoms with E-state index in [1.807, 2.05) is 6.92 Å². The van der Waals surface area contributed by atoms with Crippen molar-refractivity contribution >= 4 is 5.69 Å². The molecule has 0 bridgehead atoms. The molecule has 0 aliphatic rings. The van der Waals surface area contributed by atoms with Gasteiger partial charge >= 0.3 is 0 Å². The Balaban J connectivity index is 2.40. The molecule has 1 aromatic heterocycles. The third-order valence-electron chi connectivity index (χ3n) is 2.68. The van der Waals surface area contributed by atoms with Crippen molar-refractivity contribution < 1.29 is 4.92 Å². The highest BCUT2D eigenvalue weighted by atomic mass is 16.6. The van der Waals surface area contributed by atoms with Gasteiger partial charge in [0.05, 0.1) is 11.5 Å². The maximum absolute atomic E-state index is 11.7. The first kappa shape index (κ1) is 12.0. The Morgan fingerprint density at radius 2 is 2.00 bits per heavy atom. The van der Waals surface area contributed by atoms with E-state index in [4.69, 9.17) is 0 Å². The van der Waals surface area contributed by atoms with Gasteiger partial charge in [0.15, 0.2) is 0 Å². The van der Waals surface area contributed by atoms with Gasteiger partial charge in [-0.1, -0.05) is 18.2 Å². The Bertz CT molecular complexity index is 647. The Hall–Kier alpha value is -2.43. The number of hydrogen-bond donors (Lipinski definition) is 0. The van der Waals surface area contributed by atoms with Gasteiger partial charge in [0, 0.05) is 23.9 Å². The van der Waals surface area contributed by atoms with Crippen LogP contribution in [0.1, 0.15) is 11.1 Å². The summed E-state index contributed by atoms with van der Waals surface area (Å²) < 4.78 is 1.45. The topological polar surface area (TPSA) is 65.1 Å². The minimum Gasteiger partial charge on any atom is -0.311 e. The van der Waals surface area contributed by atoms with E-state index >= 15 is 0 Å². The fourth-order valence-corrected chi connectivity index (χ4v) is 1.74. The van der Waals surface area contributed by atoms with Crippen LogP contribution in [0, 0.1) is 17.0 Å². The Kier molecular flexibility index (Phi) is 3.23. The van der Waals surface area contributed by atoms with Crippen LogP contribution in [0.4, 0.5) is 5.69 Å². The fraction of sp³-hybridized carbons (Fsp3) is 0.154. The van der Waals surface area contributed by atoms with E-state index in [1.165, 1.54) is 16.7 Å². The highest BCUT2D eigenvalue weighted by molar-refractivity contribution is 5.39. The molecule has 2 aromatic rings. The molecule has 2 rings (SSSR count). The second-order valence-corrected chi connectivity index (χ2v) is 4.06. The fourth-order valence-electron chi connectivity index (χ4n) is 1.74. The number of hydrogen-bond acceptors (Lipinski definition) is 3. The monoisotopic (exact) mass is 244 g/mol. The molecule has 0 aliphatic heterocycles. The molecule has 0 fully saturated rings. The Morgan fingerprint density at radius 3 is 2.67 bits per heavy atom. The Morgan fingerprint density at radius 1 is 1.28 bits per heavy atom. The predicted molar refractivity (Wildman–Crippen MR) is 67.6 cm³/mol. The molecule has 5 heteroatoms. The van der Waals surface area contributed by atoms with E-state index in [0.717, 1.165) is 5.56 Å². The number of aryl methyl sites for hydroxylation is 1. The van der Waals surface area contributed by atoms with Gasteiger partial charge in [0.25, 0.3) is 11.2 Å². The number of nitrogens with zero attached hydrogens (tertiary/aromatic N) is 2. The number of aromatic nitrogens is 1. The summed E-state index contributed by atoms with van der Waals surface area (Å²) in [7, 11) is 0. The normalized spacial score (nSPS) is 10.3. The van der Waals surface area contributed by atoms with Crippen molar-refractivity contribution in [1.82, 2.24) is 4.57 Å². The van der Waals surface area contributed by atoms with Crippen LogP contribution in [0.2, 0.25) is 0 Å². The largest absolute Gasteiger partial charge is 0.311 e. The SMILES string of the molecule is Cc1ccn(Cc2ccccc2[N+](=O)[O-])c(=O)c1. The van der Waals surface area contributed by atoms with Gasteiger partial charge in [0.1, 0.15) is 0 Å². The summed E-state index contributed by atoms with van der Waals surface area (Å²) in [6.07, 6.45) is 1.65. The first-order valence-electron chi connectivity index (χ1n) is 5.47. The average Bonchev–Trinajstić information content (AvgIpc) is 2.33. The lowest BCUT2D eigenvalue weighted by Gasteiger charge is -2.06. The van der Waals surface area contributed by atoms with Crippen molar-refractivity contribution in [2.24, 2.45) is 0 Å². The lowest BCUT2D eigenvalue weighted by atomic mass is 10.2. The van der Waals surface area contributed by atoms with Crippen LogP contribution in [-0.2, 0) is 6.54 Å². The molecule has 1 aromatic carbocycles. The van der Waals surface area contributed by atoms with Crippen LogP contribution in [-0.4, -0.2) is 9.49 Å². The molecule has 0 radical (unpaired) electrons. The maximum Gasteiger partial charge on any atom is 0.274 e. The summed E-state index contributed by atoms with van der Waals surface area (Å²) >= 11 is 0. The standard InChI is InChI=1S/C13H12N2O3/c1-10-6-7-14(13(16)8-10)9-11-4-2-3-5-12(11)15(17)18/h2-8H,9H2,1H3. The van der Waals surface area contributed by atoms with E-state index in [-0.39, 0.29) is 17.8 Å². The summed E-state index contributed by atoms with van der Waals surface area (Å²) in [6, 6.07) is 9.74. The molecule has 0 amide bonds. The van der Waals surface area contributed by atoms with Gasteiger partial charge in [0.2, 0.25) is 0 Å². The zero-order valence-corrected chi connectivity index (χ0v) is 9.87. The molecule has 18 heavy (non-hydrogen) atoms. The van der Waals surface area contributed by atoms with Crippen LogP contribution in [0.3, 0.4) is 0 Å². The number of pyridine rings is 1. The quantitative estimate of drug-likeness (QED) is 0.613. The molecular weight excluding hydrogens is 232 g/mol. The van der Waals surface area contributed by atoms with E-state index in [9.17, 15) is 14.9 Å². The highest BCUT2D eigenvalue weighted by Crippen LogP contribution is 2.18. The van der Waals surface area contributed by atoms with Crippen LogP contribution < -0.4 is 5.56 Å². The molecular formula is C13H12N2O3. The van der Waals surface area contributed by atoms with E-state index < -0.39 is 4.92 Å². The minimum absolute atomic E-state index is 0.0324. The molecule has 0 N–H and O–H groups in total. The van der Waals surface area contributed by atoms with Crippen LogP contribution in [0.15, 0.2) is 47.4 Å². The summed E-state index contributed by atoms with van der Waals surface area (Å²) in [5.41, 5.74) is 1.27. The van der Waals surface area contributed by atoms with E-state index in [0.29, 0.717) is 5.56 Å². The van der Waals surface area contributed by atoms with Gasteiger partial charge in [-0.25, -0.2) is 0 Å². The lowest BCUT2D eigenvalue weighted by Crippen LogP contribution is -2.19. The molecule has 5 nitrogen and oxygen atoms in total. The van der Waals surface area contributed by atoms with Gasteiger partial charge in [-0.15, -0.1) is 0 Å². The van der Waals surface area contributed by atoms with Crippen molar-refractivity contribution in [3.63, 3.8) is 0 Å². The third-order valence-corrected chi connectivity index (χ3v) is 2.68. The number of benzene rings is 1. The summed E-state index contributed by atoms with van der Waals surface area (Å²) in [4.78, 5) is 22.2. The van der Waals surface area contributed by atoms with Gasteiger partial charge in [-0.3, -0.25) is 14.9 Å². The molecule has 0 saturated heterocycles. The van der Waals surface area contributed by atoms with E-state index in [2.05, 4.69) is 0 Å². The van der Waals surface area contributed by atoms with Crippen LogP contribution >= 0.6 is 0 Å². The lowest BCUT2D eigenvalue weighted by molar-refractivity contribution is -0.385. The van der Waals surface area contributed by atoms with E-state index in [1.54, 1.807) is 30.5 Å². The third kappa shape index (κ3) is 2.45. The average molecular weight is 244 g/mol. The maximum atomic E-state index is 11.7. The van der Waals surface area contributed by atoms with Crippen molar-refractivity contribution in [3.8, 4) is 0 Å². The zero-order valence-electron chi connectivity index (χ0n) is 9.87. The number of para-hydroxylation sites is 1. The smallest absolute Gasteiger partial charge is 0.274 e. The van der Waals surface area contributed by atoms with Crippen molar-refractivity contribution in [2.45, 2.75) is 13.5 Å². The second-order valence-electron chi connectivity index (χ2n) is 4.06. The zero-order chi connectivity index (χ0) is 13.1.